The Morgan fingerprint density at radius 2 is 1.83 bits per heavy atom. The summed E-state index contributed by atoms with van der Waals surface area (Å²) in [6.45, 7) is 5.17. The van der Waals surface area contributed by atoms with Crippen LogP contribution in [0.15, 0.2) is 61.1 Å². The van der Waals surface area contributed by atoms with E-state index in [9.17, 15) is 4.79 Å². The van der Waals surface area contributed by atoms with E-state index in [-0.39, 0.29) is 12.5 Å². The van der Waals surface area contributed by atoms with Crippen molar-refractivity contribution in [3.63, 3.8) is 0 Å². The van der Waals surface area contributed by atoms with Crippen LogP contribution in [0, 0.1) is 6.92 Å². The van der Waals surface area contributed by atoms with Gasteiger partial charge in [0.1, 0.15) is 11.5 Å². The predicted octanol–water partition coefficient (Wildman–Crippen LogP) is 4.18. The molecular weight excluding hydrogens is 474 g/mol. The maximum atomic E-state index is 13.1. The summed E-state index contributed by atoms with van der Waals surface area (Å²) in [5, 5.41) is 4.10. The van der Waals surface area contributed by atoms with Crippen LogP contribution in [0.2, 0.25) is 5.02 Å². The van der Waals surface area contributed by atoms with Crippen LogP contribution in [0.5, 0.6) is 0 Å². The molecule has 9 heteroatoms. The Labute approximate surface area is 216 Å². The number of rotatable bonds is 6. The van der Waals surface area contributed by atoms with Crippen molar-refractivity contribution in [1.82, 2.24) is 19.3 Å². The lowest BCUT2D eigenvalue weighted by atomic mass is 10.1. The second kappa shape index (κ2) is 10.1. The maximum Gasteiger partial charge on any atom is 0.242 e. The Bertz CT molecular complexity index is 1370. The van der Waals surface area contributed by atoms with Gasteiger partial charge < -0.3 is 20.0 Å². The largest absolute Gasteiger partial charge is 0.378 e. The van der Waals surface area contributed by atoms with E-state index in [1.807, 2.05) is 47.8 Å². The molecule has 0 saturated carbocycles. The molecule has 1 fully saturated rings. The first kappa shape index (κ1) is 23.9. The summed E-state index contributed by atoms with van der Waals surface area (Å²) in [5.74, 6) is 0.849. The molecule has 5 rings (SSSR count). The molecule has 8 nitrogen and oxygen atoms in total. The van der Waals surface area contributed by atoms with Gasteiger partial charge in [0.25, 0.3) is 0 Å². The minimum absolute atomic E-state index is 0.0652. The highest BCUT2D eigenvalue weighted by Gasteiger charge is 2.23. The van der Waals surface area contributed by atoms with Gasteiger partial charge in [0.05, 0.1) is 12.7 Å². The van der Waals surface area contributed by atoms with E-state index in [1.165, 1.54) is 5.56 Å². The van der Waals surface area contributed by atoms with Gasteiger partial charge in [-0.3, -0.25) is 14.2 Å². The molecule has 3 heterocycles. The monoisotopic (exact) mass is 503 g/mol. The summed E-state index contributed by atoms with van der Waals surface area (Å²) in [6, 6.07) is 14.2. The number of hydrogen-bond acceptors (Lipinski definition) is 6. The second-order valence-corrected chi connectivity index (χ2v) is 9.64. The Hall–Kier alpha value is -3.78. The Kier molecular flexibility index (Phi) is 6.69. The summed E-state index contributed by atoms with van der Waals surface area (Å²) in [5.41, 5.74) is 5.93. The van der Waals surface area contributed by atoms with Crippen LogP contribution in [0.1, 0.15) is 5.56 Å². The minimum Gasteiger partial charge on any atom is -0.378 e. The minimum atomic E-state index is 0.0652. The number of piperazine rings is 1. The van der Waals surface area contributed by atoms with E-state index in [0.29, 0.717) is 13.1 Å². The van der Waals surface area contributed by atoms with Gasteiger partial charge in [-0.15, -0.1) is 0 Å². The lowest BCUT2D eigenvalue weighted by Crippen LogP contribution is -2.50. The molecule has 1 N–H and O–H groups in total. The number of carbonyl (C=O) groups is 1. The van der Waals surface area contributed by atoms with Crippen molar-refractivity contribution in [2.45, 2.75) is 6.92 Å². The molecule has 2 aromatic heterocycles. The van der Waals surface area contributed by atoms with Crippen molar-refractivity contribution in [3.8, 4) is 11.3 Å². The molecule has 1 aliphatic heterocycles. The van der Waals surface area contributed by atoms with Crippen molar-refractivity contribution >= 4 is 40.3 Å². The number of anilines is 3. The third-order valence-corrected chi connectivity index (χ3v) is 6.87. The first-order chi connectivity index (χ1) is 17.4. The van der Waals surface area contributed by atoms with E-state index in [4.69, 9.17) is 16.6 Å². The smallest absolute Gasteiger partial charge is 0.242 e. The van der Waals surface area contributed by atoms with Crippen molar-refractivity contribution in [2.75, 3.05) is 61.9 Å². The van der Waals surface area contributed by atoms with Crippen molar-refractivity contribution in [3.05, 3.63) is 71.6 Å². The van der Waals surface area contributed by atoms with Crippen LogP contribution in [-0.2, 0) is 4.79 Å². The molecule has 186 valence electrons. The van der Waals surface area contributed by atoms with E-state index in [2.05, 4.69) is 51.3 Å². The highest BCUT2D eigenvalue weighted by Crippen LogP contribution is 2.30. The third-order valence-electron chi connectivity index (χ3n) is 6.64. The van der Waals surface area contributed by atoms with E-state index in [0.717, 1.165) is 52.2 Å². The molecular formula is C27H30ClN7O. The van der Waals surface area contributed by atoms with Gasteiger partial charge in [-0.05, 0) is 36.8 Å². The number of aromatic nitrogens is 3. The average molecular weight is 504 g/mol. The summed E-state index contributed by atoms with van der Waals surface area (Å²) in [6.07, 6.45) is 5.30. The number of carbonyl (C=O) groups excluding carboxylic acids is 1. The van der Waals surface area contributed by atoms with Gasteiger partial charge in [-0.2, -0.15) is 0 Å². The average Bonchev–Trinajstić information content (AvgIpc) is 3.27. The van der Waals surface area contributed by atoms with Gasteiger partial charge in [0.2, 0.25) is 5.91 Å². The number of nitrogens with zero attached hydrogens (tertiary/aromatic N) is 6. The SMILES string of the molecule is Cc1ccc(Cl)cc1N1CCN(C(=O)CNc2c(-c3ccc(N(C)C)cc3)nc3cnccn23)CC1. The summed E-state index contributed by atoms with van der Waals surface area (Å²) in [7, 11) is 4.03. The first-order valence-electron chi connectivity index (χ1n) is 12.0. The lowest BCUT2D eigenvalue weighted by molar-refractivity contribution is -0.129. The standard InChI is InChI=1S/C27H30ClN7O/c1-19-4-7-21(28)16-23(19)33-12-14-34(15-13-33)25(36)18-30-27-26(31-24-17-29-10-11-35(24)27)20-5-8-22(9-6-20)32(2)3/h4-11,16-17,30H,12-15,18H2,1-3H3. The van der Waals surface area contributed by atoms with Crippen molar-refractivity contribution in [1.29, 1.82) is 0 Å². The molecule has 36 heavy (non-hydrogen) atoms. The molecule has 0 atom stereocenters. The van der Waals surface area contributed by atoms with Gasteiger partial charge in [0, 0.05) is 74.6 Å². The molecule has 2 aromatic carbocycles. The summed E-state index contributed by atoms with van der Waals surface area (Å²) < 4.78 is 1.94. The van der Waals surface area contributed by atoms with Crippen LogP contribution in [0.25, 0.3) is 16.9 Å². The molecule has 4 aromatic rings. The van der Waals surface area contributed by atoms with E-state index >= 15 is 0 Å². The van der Waals surface area contributed by atoms with Crippen LogP contribution < -0.4 is 15.1 Å². The Morgan fingerprint density at radius 3 is 2.56 bits per heavy atom. The Balaban J connectivity index is 1.29. The molecule has 0 spiro atoms. The Morgan fingerprint density at radius 1 is 1.08 bits per heavy atom. The number of aryl methyl sites for hydroxylation is 1. The topological polar surface area (TPSA) is 69.0 Å². The number of amides is 1. The van der Waals surface area contributed by atoms with Crippen LogP contribution >= 0.6 is 11.6 Å². The maximum absolute atomic E-state index is 13.1. The molecule has 1 amide bonds. The van der Waals surface area contributed by atoms with Crippen LogP contribution in [0.3, 0.4) is 0 Å². The number of halogens is 1. The summed E-state index contributed by atoms with van der Waals surface area (Å²) in [4.78, 5) is 28.4. The van der Waals surface area contributed by atoms with E-state index < -0.39 is 0 Å². The highest BCUT2D eigenvalue weighted by molar-refractivity contribution is 6.30. The molecule has 0 radical (unpaired) electrons. The zero-order valence-corrected chi connectivity index (χ0v) is 21.5. The predicted molar refractivity (Wildman–Crippen MR) is 146 cm³/mol. The third kappa shape index (κ3) is 4.81. The van der Waals surface area contributed by atoms with Gasteiger partial charge in [-0.25, -0.2) is 4.98 Å². The molecule has 1 saturated heterocycles. The van der Waals surface area contributed by atoms with Crippen molar-refractivity contribution in [2.24, 2.45) is 0 Å². The van der Waals surface area contributed by atoms with Crippen LogP contribution in [-0.4, -0.2) is 72.0 Å². The molecule has 0 aliphatic carbocycles. The second-order valence-electron chi connectivity index (χ2n) is 9.21. The van der Waals surface area contributed by atoms with E-state index in [1.54, 1.807) is 12.4 Å². The van der Waals surface area contributed by atoms with Crippen LogP contribution in [0.4, 0.5) is 17.2 Å². The normalized spacial score (nSPS) is 13.8. The fourth-order valence-electron chi connectivity index (χ4n) is 4.59. The highest BCUT2D eigenvalue weighted by atomic mass is 35.5. The molecule has 1 aliphatic rings. The van der Waals surface area contributed by atoms with Crippen molar-refractivity contribution < 1.29 is 4.79 Å². The zero-order valence-electron chi connectivity index (χ0n) is 20.8. The molecule has 0 bridgehead atoms. The number of fused-ring (bicyclic) bond motifs is 1. The zero-order chi connectivity index (χ0) is 25.2. The summed E-state index contributed by atoms with van der Waals surface area (Å²) >= 11 is 6.21. The first-order valence-corrected chi connectivity index (χ1v) is 12.4. The number of hydrogen-bond donors (Lipinski definition) is 1. The molecule has 0 unspecified atom stereocenters. The number of benzene rings is 2. The van der Waals surface area contributed by atoms with Gasteiger partial charge >= 0.3 is 0 Å². The number of nitrogens with one attached hydrogen (secondary N) is 1. The van der Waals surface area contributed by atoms with Gasteiger partial charge in [-0.1, -0.05) is 29.8 Å². The fourth-order valence-corrected chi connectivity index (χ4v) is 4.75. The lowest BCUT2D eigenvalue weighted by Gasteiger charge is -2.37. The van der Waals surface area contributed by atoms with Gasteiger partial charge in [0.15, 0.2) is 5.65 Å². The number of imidazole rings is 1. The fraction of sp³-hybridized carbons (Fsp3) is 0.296. The quantitative estimate of drug-likeness (QED) is 0.425.